The summed E-state index contributed by atoms with van der Waals surface area (Å²) in [6.07, 6.45) is 13.8. The highest BCUT2D eigenvalue weighted by atomic mass is 16.4. The summed E-state index contributed by atoms with van der Waals surface area (Å²) in [4.78, 5) is 45.0. The number of rotatable bonds is 19. The first kappa shape index (κ1) is 26.1. The molecule has 0 aliphatic carbocycles. The van der Waals surface area contributed by atoms with E-state index in [1.54, 1.807) is 0 Å². The highest BCUT2D eigenvalue weighted by molar-refractivity contribution is 5.88. The molecule has 0 saturated heterocycles. The lowest BCUT2D eigenvalue weighted by Gasteiger charge is -2.17. The molecule has 0 fully saturated rings. The van der Waals surface area contributed by atoms with Gasteiger partial charge in [-0.05, 0) is 12.8 Å². The molecule has 0 heterocycles. The van der Waals surface area contributed by atoms with Crippen LogP contribution in [0.15, 0.2) is 0 Å². The second-order valence-electron chi connectivity index (χ2n) is 7.25. The monoisotopic (exact) mass is 398 g/mol. The van der Waals surface area contributed by atoms with Crippen LogP contribution in [0.4, 0.5) is 0 Å². The van der Waals surface area contributed by atoms with Gasteiger partial charge < -0.3 is 20.5 Å². The van der Waals surface area contributed by atoms with Gasteiger partial charge in [-0.3, -0.25) is 14.4 Å². The van der Waals surface area contributed by atoms with E-state index in [4.69, 9.17) is 5.11 Å². The van der Waals surface area contributed by atoms with Crippen LogP contribution in [-0.2, 0) is 19.2 Å². The van der Waals surface area contributed by atoms with E-state index in [1.807, 2.05) is 0 Å². The molecule has 0 rings (SSSR count). The maximum atomic E-state index is 12.0. The smallest absolute Gasteiger partial charge is 0.303 e. The topological polar surface area (TPSA) is 113 Å². The third-order valence-corrected chi connectivity index (χ3v) is 4.67. The van der Waals surface area contributed by atoms with E-state index in [0.29, 0.717) is 12.7 Å². The first-order valence-electron chi connectivity index (χ1n) is 10.7. The van der Waals surface area contributed by atoms with Gasteiger partial charge in [-0.15, -0.1) is 0 Å². The number of carbonyl (C=O) groups excluding carboxylic acids is 3. The maximum Gasteiger partial charge on any atom is 0.303 e. The molecule has 0 bridgehead atoms. The van der Waals surface area contributed by atoms with Gasteiger partial charge in [0.1, 0.15) is 12.3 Å². The SMILES string of the molecule is CCCCCCCCCCCCCC(=O)NC(CCC(=O)O)C(=O)NCC=O. The van der Waals surface area contributed by atoms with E-state index in [9.17, 15) is 19.2 Å². The van der Waals surface area contributed by atoms with Crippen LogP contribution in [0, 0.1) is 0 Å². The minimum Gasteiger partial charge on any atom is -0.481 e. The average molecular weight is 399 g/mol. The molecule has 0 saturated carbocycles. The van der Waals surface area contributed by atoms with Gasteiger partial charge in [0.05, 0.1) is 6.54 Å². The van der Waals surface area contributed by atoms with Crippen molar-refractivity contribution in [3.8, 4) is 0 Å². The van der Waals surface area contributed by atoms with Crippen LogP contribution < -0.4 is 10.6 Å². The fourth-order valence-electron chi connectivity index (χ4n) is 3.02. The van der Waals surface area contributed by atoms with E-state index < -0.39 is 17.9 Å². The molecular weight excluding hydrogens is 360 g/mol. The number of carboxylic acids is 1. The predicted molar refractivity (Wildman–Crippen MR) is 109 cm³/mol. The Morgan fingerprint density at radius 3 is 1.89 bits per heavy atom. The number of unbranched alkanes of at least 4 members (excludes halogenated alkanes) is 10. The number of nitrogens with one attached hydrogen (secondary N) is 2. The number of amides is 2. The molecule has 3 N–H and O–H groups in total. The highest BCUT2D eigenvalue weighted by Crippen LogP contribution is 2.12. The molecule has 7 nitrogen and oxygen atoms in total. The third-order valence-electron chi connectivity index (χ3n) is 4.67. The van der Waals surface area contributed by atoms with Gasteiger partial charge >= 0.3 is 5.97 Å². The van der Waals surface area contributed by atoms with Crippen molar-refractivity contribution in [3.63, 3.8) is 0 Å². The molecule has 28 heavy (non-hydrogen) atoms. The van der Waals surface area contributed by atoms with Crippen molar-refractivity contribution in [1.82, 2.24) is 10.6 Å². The number of aliphatic carboxylic acids is 1. The lowest BCUT2D eigenvalue weighted by Crippen LogP contribution is -2.47. The van der Waals surface area contributed by atoms with Gasteiger partial charge in [-0.2, -0.15) is 0 Å². The van der Waals surface area contributed by atoms with E-state index in [2.05, 4.69) is 17.6 Å². The van der Waals surface area contributed by atoms with Crippen molar-refractivity contribution in [2.45, 2.75) is 103 Å². The Labute approximate surface area is 169 Å². The molecule has 1 unspecified atom stereocenters. The molecule has 1 atom stereocenters. The molecule has 0 aliphatic rings. The zero-order chi connectivity index (χ0) is 21.0. The Kier molecular flexibility index (Phi) is 17.2. The first-order valence-corrected chi connectivity index (χ1v) is 10.7. The van der Waals surface area contributed by atoms with Crippen molar-refractivity contribution < 1.29 is 24.3 Å². The molecule has 0 aromatic carbocycles. The first-order chi connectivity index (χ1) is 13.5. The maximum absolute atomic E-state index is 12.0. The van der Waals surface area contributed by atoms with Crippen molar-refractivity contribution >= 4 is 24.1 Å². The summed E-state index contributed by atoms with van der Waals surface area (Å²) >= 11 is 0. The van der Waals surface area contributed by atoms with Gasteiger partial charge in [0.2, 0.25) is 11.8 Å². The average Bonchev–Trinajstić information content (AvgIpc) is 2.67. The largest absolute Gasteiger partial charge is 0.481 e. The van der Waals surface area contributed by atoms with Crippen LogP contribution in [0.2, 0.25) is 0 Å². The summed E-state index contributed by atoms with van der Waals surface area (Å²) in [5.74, 6) is -1.82. The summed E-state index contributed by atoms with van der Waals surface area (Å²) in [5.41, 5.74) is 0. The normalized spacial score (nSPS) is 11.6. The van der Waals surface area contributed by atoms with Crippen molar-refractivity contribution in [3.05, 3.63) is 0 Å². The van der Waals surface area contributed by atoms with Crippen molar-refractivity contribution in [2.24, 2.45) is 0 Å². The zero-order valence-electron chi connectivity index (χ0n) is 17.3. The van der Waals surface area contributed by atoms with Gasteiger partial charge in [0.15, 0.2) is 0 Å². The number of hydrogen-bond donors (Lipinski definition) is 3. The molecule has 2 amide bonds. The fraction of sp³-hybridized carbons (Fsp3) is 0.810. The summed E-state index contributed by atoms with van der Waals surface area (Å²) in [5, 5.41) is 13.7. The van der Waals surface area contributed by atoms with E-state index >= 15 is 0 Å². The van der Waals surface area contributed by atoms with Crippen LogP contribution in [0.25, 0.3) is 0 Å². The summed E-state index contributed by atoms with van der Waals surface area (Å²) in [6.45, 7) is 2.07. The number of hydrogen-bond acceptors (Lipinski definition) is 4. The third kappa shape index (κ3) is 16.3. The molecule has 0 aromatic rings. The van der Waals surface area contributed by atoms with Gasteiger partial charge in [-0.25, -0.2) is 0 Å². The van der Waals surface area contributed by atoms with Crippen LogP contribution in [-0.4, -0.2) is 41.8 Å². The zero-order valence-corrected chi connectivity index (χ0v) is 17.3. The van der Waals surface area contributed by atoms with E-state index in [0.717, 1.165) is 19.3 Å². The van der Waals surface area contributed by atoms with Gasteiger partial charge in [0.25, 0.3) is 0 Å². The second-order valence-corrected chi connectivity index (χ2v) is 7.25. The molecular formula is C21H38N2O5. The predicted octanol–water partition coefficient (Wildman–Crippen LogP) is 3.35. The Balaban J connectivity index is 3.87. The second kappa shape index (κ2) is 18.4. The van der Waals surface area contributed by atoms with Crippen molar-refractivity contribution in [2.75, 3.05) is 6.54 Å². The summed E-state index contributed by atoms with van der Waals surface area (Å²) in [7, 11) is 0. The van der Waals surface area contributed by atoms with Crippen molar-refractivity contribution in [1.29, 1.82) is 0 Å². The quantitative estimate of drug-likeness (QED) is 0.228. The van der Waals surface area contributed by atoms with Crippen LogP contribution in [0.5, 0.6) is 0 Å². The standard InChI is InChI=1S/C21H38N2O5/c1-2-3-4-5-6-7-8-9-10-11-12-13-19(25)23-18(14-15-20(26)27)21(28)22-16-17-24/h17-18H,2-16H2,1H3,(H,22,28)(H,23,25)(H,26,27). The minimum absolute atomic E-state index is 0.00399. The van der Waals surface area contributed by atoms with Crippen LogP contribution in [0.1, 0.15) is 96.8 Å². The molecule has 7 heteroatoms. The molecule has 162 valence electrons. The van der Waals surface area contributed by atoms with E-state index in [-0.39, 0.29) is 25.3 Å². The summed E-state index contributed by atoms with van der Waals surface area (Å²) < 4.78 is 0. The minimum atomic E-state index is -1.03. The Hall–Kier alpha value is -1.92. The molecule has 0 spiro atoms. The van der Waals surface area contributed by atoms with Crippen LogP contribution in [0.3, 0.4) is 0 Å². The van der Waals surface area contributed by atoms with Gasteiger partial charge in [0, 0.05) is 12.8 Å². The van der Waals surface area contributed by atoms with Gasteiger partial charge in [-0.1, -0.05) is 71.1 Å². The Bertz CT molecular complexity index is 454. The van der Waals surface area contributed by atoms with E-state index in [1.165, 1.54) is 51.4 Å². The Morgan fingerprint density at radius 2 is 1.39 bits per heavy atom. The lowest BCUT2D eigenvalue weighted by atomic mass is 10.0. The number of carbonyl (C=O) groups is 4. The molecule has 0 aromatic heterocycles. The highest BCUT2D eigenvalue weighted by Gasteiger charge is 2.21. The van der Waals surface area contributed by atoms with Crippen LogP contribution >= 0.6 is 0 Å². The molecule has 0 radical (unpaired) electrons. The summed E-state index contributed by atoms with van der Waals surface area (Å²) in [6, 6.07) is -0.920. The Morgan fingerprint density at radius 1 is 0.857 bits per heavy atom. The number of carboxylic acid groups (broad SMARTS) is 1. The number of aldehydes is 1. The molecule has 0 aliphatic heterocycles. The lowest BCUT2D eigenvalue weighted by molar-refractivity contribution is -0.138. The fourth-order valence-corrected chi connectivity index (χ4v) is 3.02.